The van der Waals surface area contributed by atoms with Crippen LogP contribution in [0.3, 0.4) is 0 Å². The van der Waals surface area contributed by atoms with Crippen molar-refractivity contribution in [2.75, 3.05) is 6.54 Å². The lowest BCUT2D eigenvalue weighted by Crippen LogP contribution is -2.40. The number of hydrogen-bond donors (Lipinski definition) is 2. The third-order valence-corrected chi connectivity index (χ3v) is 4.73. The van der Waals surface area contributed by atoms with Crippen LogP contribution >= 0.6 is 12.4 Å². The van der Waals surface area contributed by atoms with Gasteiger partial charge in [-0.1, -0.05) is 61.0 Å². The minimum Gasteiger partial charge on any atom is -0.353 e. The highest BCUT2D eigenvalue weighted by Crippen LogP contribution is 2.24. The van der Waals surface area contributed by atoms with Crippen LogP contribution in [0.1, 0.15) is 24.8 Å². The quantitative estimate of drug-likeness (QED) is 0.871. The molecule has 3 N–H and O–H groups in total. The van der Waals surface area contributed by atoms with E-state index in [1.165, 1.54) is 17.5 Å². The molecule has 0 aromatic heterocycles. The van der Waals surface area contributed by atoms with E-state index in [0.717, 1.165) is 18.4 Å². The highest BCUT2D eigenvalue weighted by Gasteiger charge is 2.27. The number of carbonyl (C=O) groups excluding carboxylic acids is 1. The minimum absolute atomic E-state index is 0. The summed E-state index contributed by atoms with van der Waals surface area (Å²) in [6, 6.07) is 18.8. The molecular formula is C20H25ClN2O. The van der Waals surface area contributed by atoms with Gasteiger partial charge in [0.25, 0.3) is 0 Å². The Kier molecular flexibility index (Phi) is 6.83. The van der Waals surface area contributed by atoms with Gasteiger partial charge in [-0.25, -0.2) is 0 Å². The number of nitrogens with two attached hydrogens (primary N) is 1. The SMILES string of the molecule is Cl.NCC1CCCC1NC(=O)Cc1ccc(-c2ccccc2)cc1. The molecule has 3 rings (SSSR count). The van der Waals surface area contributed by atoms with Crippen molar-refractivity contribution in [1.29, 1.82) is 0 Å². The van der Waals surface area contributed by atoms with E-state index >= 15 is 0 Å². The number of rotatable bonds is 5. The van der Waals surface area contributed by atoms with Crippen molar-refractivity contribution < 1.29 is 4.79 Å². The summed E-state index contributed by atoms with van der Waals surface area (Å²) in [5.41, 5.74) is 9.19. The number of halogens is 1. The summed E-state index contributed by atoms with van der Waals surface area (Å²) >= 11 is 0. The van der Waals surface area contributed by atoms with Gasteiger partial charge in [0.1, 0.15) is 0 Å². The Balaban J connectivity index is 0.00000208. The molecule has 0 aliphatic heterocycles. The van der Waals surface area contributed by atoms with Gasteiger partial charge in [-0.05, 0) is 42.0 Å². The predicted molar refractivity (Wildman–Crippen MR) is 101 cm³/mol. The summed E-state index contributed by atoms with van der Waals surface area (Å²) in [6.07, 6.45) is 3.79. The highest BCUT2D eigenvalue weighted by molar-refractivity contribution is 5.85. The van der Waals surface area contributed by atoms with Crippen molar-refractivity contribution in [3.63, 3.8) is 0 Å². The van der Waals surface area contributed by atoms with Crippen LogP contribution in [-0.4, -0.2) is 18.5 Å². The zero-order chi connectivity index (χ0) is 16.1. The molecule has 0 saturated heterocycles. The Labute approximate surface area is 150 Å². The second kappa shape index (κ2) is 8.86. The molecule has 1 aliphatic carbocycles. The topological polar surface area (TPSA) is 55.1 Å². The molecule has 0 radical (unpaired) electrons. The summed E-state index contributed by atoms with van der Waals surface area (Å²) in [5, 5.41) is 3.16. The van der Waals surface area contributed by atoms with E-state index in [0.29, 0.717) is 18.9 Å². The molecule has 1 aliphatic rings. The molecule has 2 unspecified atom stereocenters. The van der Waals surface area contributed by atoms with E-state index in [2.05, 4.69) is 29.6 Å². The van der Waals surface area contributed by atoms with Gasteiger partial charge in [-0.15, -0.1) is 12.4 Å². The maximum Gasteiger partial charge on any atom is 0.224 e. The molecule has 0 bridgehead atoms. The van der Waals surface area contributed by atoms with Crippen molar-refractivity contribution in [2.45, 2.75) is 31.7 Å². The minimum atomic E-state index is 0. The van der Waals surface area contributed by atoms with Gasteiger partial charge in [0.15, 0.2) is 0 Å². The molecule has 1 fully saturated rings. The number of carbonyl (C=O) groups is 1. The highest BCUT2D eigenvalue weighted by atomic mass is 35.5. The summed E-state index contributed by atoms with van der Waals surface area (Å²) in [4.78, 5) is 12.2. The Morgan fingerprint density at radius 1 is 1.00 bits per heavy atom. The Hall–Kier alpha value is -1.84. The third kappa shape index (κ3) is 4.59. The predicted octanol–water partition coefficient (Wildman–Crippen LogP) is 3.56. The first-order chi connectivity index (χ1) is 11.3. The largest absolute Gasteiger partial charge is 0.353 e. The summed E-state index contributed by atoms with van der Waals surface area (Å²) in [5.74, 6) is 0.544. The second-order valence-electron chi connectivity index (χ2n) is 6.34. The average Bonchev–Trinajstić information content (AvgIpc) is 3.03. The van der Waals surface area contributed by atoms with Gasteiger partial charge >= 0.3 is 0 Å². The maximum atomic E-state index is 12.2. The molecule has 4 heteroatoms. The molecule has 1 amide bonds. The number of amides is 1. The van der Waals surface area contributed by atoms with Crippen molar-refractivity contribution in [3.05, 3.63) is 60.2 Å². The Bertz CT molecular complexity index is 642. The van der Waals surface area contributed by atoms with Crippen LogP contribution in [0.2, 0.25) is 0 Å². The molecule has 1 saturated carbocycles. The average molecular weight is 345 g/mol. The number of hydrogen-bond acceptors (Lipinski definition) is 2. The lowest BCUT2D eigenvalue weighted by atomic mass is 10.0. The van der Waals surface area contributed by atoms with Crippen molar-refractivity contribution in [3.8, 4) is 11.1 Å². The zero-order valence-electron chi connectivity index (χ0n) is 13.8. The molecule has 3 nitrogen and oxygen atoms in total. The first kappa shape index (κ1) is 18.5. The first-order valence-corrected chi connectivity index (χ1v) is 8.40. The van der Waals surface area contributed by atoms with Crippen LogP contribution in [0.15, 0.2) is 54.6 Å². The molecule has 24 heavy (non-hydrogen) atoms. The van der Waals surface area contributed by atoms with E-state index in [-0.39, 0.29) is 24.4 Å². The number of benzene rings is 2. The lowest BCUT2D eigenvalue weighted by Gasteiger charge is -2.19. The summed E-state index contributed by atoms with van der Waals surface area (Å²) < 4.78 is 0. The van der Waals surface area contributed by atoms with E-state index in [4.69, 9.17) is 5.73 Å². The molecule has 2 atom stereocenters. The third-order valence-electron chi connectivity index (χ3n) is 4.73. The van der Waals surface area contributed by atoms with Crippen molar-refractivity contribution >= 4 is 18.3 Å². The van der Waals surface area contributed by atoms with Crippen molar-refractivity contribution in [2.24, 2.45) is 11.7 Å². The number of nitrogens with one attached hydrogen (secondary N) is 1. The second-order valence-corrected chi connectivity index (χ2v) is 6.34. The van der Waals surface area contributed by atoms with Gasteiger partial charge in [0.2, 0.25) is 5.91 Å². The Morgan fingerprint density at radius 2 is 1.67 bits per heavy atom. The first-order valence-electron chi connectivity index (χ1n) is 8.40. The molecular weight excluding hydrogens is 320 g/mol. The van der Waals surface area contributed by atoms with Crippen LogP contribution in [0.5, 0.6) is 0 Å². The van der Waals surface area contributed by atoms with Gasteiger partial charge < -0.3 is 11.1 Å². The van der Waals surface area contributed by atoms with Gasteiger partial charge in [-0.3, -0.25) is 4.79 Å². The van der Waals surface area contributed by atoms with Crippen LogP contribution in [0, 0.1) is 5.92 Å². The van der Waals surface area contributed by atoms with Gasteiger partial charge in [0.05, 0.1) is 6.42 Å². The molecule has 2 aromatic rings. The van der Waals surface area contributed by atoms with E-state index in [9.17, 15) is 4.79 Å². The Morgan fingerprint density at radius 3 is 2.33 bits per heavy atom. The van der Waals surface area contributed by atoms with Crippen LogP contribution < -0.4 is 11.1 Å². The molecule has 0 spiro atoms. The van der Waals surface area contributed by atoms with Crippen LogP contribution in [0.4, 0.5) is 0 Å². The van der Waals surface area contributed by atoms with E-state index in [1.807, 2.05) is 30.3 Å². The smallest absolute Gasteiger partial charge is 0.224 e. The van der Waals surface area contributed by atoms with Crippen LogP contribution in [-0.2, 0) is 11.2 Å². The van der Waals surface area contributed by atoms with Gasteiger partial charge in [0, 0.05) is 6.04 Å². The summed E-state index contributed by atoms with van der Waals surface area (Å²) in [6.45, 7) is 0.663. The normalized spacial score (nSPS) is 19.5. The fourth-order valence-electron chi connectivity index (χ4n) is 3.40. The fourth-order valence-corrected chi connectivity index (χ4v) is 3.40. The zero-order valence-corrected chi connectivity index (χ0v) is 14.6. The van der Waals surface area contributed by atoms with E-state index < -0.39 is 0 Å². The van der Waals surface area contributed by atoms with Crippen molar-refractivity contribution in [1.82, 2.24) is 5.32 Å². The molecule has 128 valence electrons. The van der Waals surface area contributed by atoms with E-state index in [1.54, 1.807) is 0 Å². The molecule has 0 heterocycles. The summed E-state index contributed by atoms with van der Waals surface area (Å²) in [7, 11) is 0. The molecule has 2 aromatic carbocycles. The van der Waals surface area contributed by atoms with Crippen LogP contribution in [0.25, 0.3) is 11.1 Å². The standard InChI is InChI=1S/C20H24N2O.ClH/c21-14-18-7-4-8-19(18)22-20(23)13-15-9-11-17(12-10-15)16-5-2-1-3-6-16;/h1-3,5-6,9-12,18-19H,4,7-8,13-14,21H2,(H,22,23);1H. The van der Waals surface area contributed by atoms with Gasteiger partial charge in [-0.2, -0.15) is 0 Å². The monoisotopic (exact) mass is 344 g/mol. The lowest BCUT2D eigenvalue weighted by molar-refractivity contribution is -0.121. The maximum absolute atomic E-state index is 12.2. The fraction of sp³-hybridized carbons (Fsp3) is 0.350.